The number of amides is 1. The molecule has 152 valence electrons. The Hall–Kier alpha value is -2.29. The number of aromatic nitrogens is 1. The zero-order valence-corrected chi connectivity index (χ0v) is 17.1. The summed E-state index contributed by atoms with van der Waals surface area (Å²) >= 11 is 7.22. The minimum Gasteiger partial charge on any atom is -0.351 e. The van der Waals surface area contributed by atoms with Crippen LogP contribution in [0.3, 0.4) is 0 Å². The number of hydrogen-bond donors (Lipinski definition) is 1. The van der Waals surface area contributed by atoms with Gasteiger partial charge in [0.25, 0.3) is 5.91 Å². The van der Waals surface area contributed by atoms with Crippen LogP contribution in [0, 0.1) is 11.6 Å². The van der Waals surface area contributed by atoms with Crippen molar-refractivity contribution in [3.63, 3.8) is 0 Å². The number of thiazole rings is 1. The molecule has 9 heteroatoms. The highest BCUT2D eigenvalue weighted by molar-refractivity contribution is 7.22. The Balaban J connectivity index is 1.27. The van der Waals surface area contributed by atoms with E-state index in [0.717, 1.165) is 38.8 Å². The number of nitrogens with zero attached hydrogens (tertiary/aromatic N) is 3. The quantitative estimate of drug-likeness (QED) is 0.661. The Morgan fingerprint density at radius 2 is 1.97 bits per heavy atom. The van der Waals surface area contributed by atoms with Gasteiger partial charge in [-0.05, 0) is 24.3 Å². The lowest BCUT2D eigenvalue weighted by atomic mass is 10.2. The molecule has 1 amide bonds. The molecular formula is C20H19ClF2N4OS. The number of halogens is 3. The predicted octanol–water partition coefficient (Wildman–Crippen LogP) is 3.78. The summed E-state index contributed by atoms with van der Waals surface area (Å²) in [5.74, 6) is -1.36. The third-order valence-corrected chi connectivity index (χ3v) is 6.14. The number of anilines is 1. The van der Waals surface area contributed by atoms with Crippen LogP contribution in [0.5, 0.6) is 0 Å². The number of rotatable bonds is 5. The van der Waals surface area contributed by atoms with Crippen molar-refractivity contribution in [2.75, 3.05) is 44.2 Å². The number of carbonyl (C=O) groups is 1. The normalized spacial score (nSPS) is 15.1. The van der Waals surface area contributed by atoms with E-state index in [0.29, 0.717) is 27.0 Å². The van der Waals surface area contributed by atoms with Crippen molar-refractivity contribution in [3.8, 4) is 0 Å². The first-order valence-electron chi connectivity index (χ1n) is 9.26. The Kier molecular flexibility index (Phi) is 5.94. The van der Waals surface area contributed by atoms with Gasteiger partial charge in [-0.25, -0.2) is 13.8 Å². The first-order valence-corrected chi connectivity index (χ1v) is 10.5. The van der Waals surface area contributed by atoms with E-state index >= 15 is 0 Å². The molecule has 0 bridgehead atoms. The van der Waals surface area contributed by atoms with Crippen LogP contribution in [0.4, 0.5) is 13.9 Å². The highest BCUT2D eigenvalue weighted by Gasteiger charge is 2.21. The molecule has 1 N–H and O–H groups in total. The van der Waals surface area contributed by atoms with Crippen molar-refractivity contribution >= 4 is 44.2 Å². The second-order valence-electron chi connectivity index (χ2n) is 6.83. The SMILES string of the molecule is O=C(NCCN1CCN(c2nc3c(F)cc(F)cc3s2)CC1)c1cccc(Cl)c1. The molecule has 4 rings (SSSR count). The van der Waals surface area contributed by atoms with Gasteiger partial charge in [0.1, 0.15) is 11.3 Å². The number of hydrogen-bond acceptors (Lipinski definition) is 5. The van der Waals surface area contributed by atoms with Crippen molar-refractivity contribution in [1.29, 1.82) is 0 Å². The van der Waals surface area contributed by atoms with Crippen molar-refractivity contribution in [3.05, 3.63) is 58.6 Å². The average Bonchev–Trinajstić information content (AvgIpc) is 3.13. The van der Waals surface area contributed by atoms with Crippen LogP contribution >= 0.6 is 22.9 Å². The fourth-order valence-electron chi connectivity index (χ4n) is 3.30. The van der Waals surface area contributed by atoms with E-state index in [1.807, 2.05) is 0 Å². The average molecular weight is 437 g/mol. The molecule has 2 aromatic carbocycles. The lowest BCUT2D eigenvalue weighted by Gasteiger charge is -2.34. The summed E-state index contributed by atoms with van der Waals surface area (Å²) in [5.41, 5.74) is 0.763. The molecular weight excluding hydrogens is 418 g/mol. The molecule has 1 aromatic heterocycles. The zero-order valence-electron chi connectivity index (χ0n) is 15.5. The molecule has 5 nitrogen and oxygen atoms in total. The molecule has 0 saturated carbocycles. The molecule has 3 aromatic rings. The molecule has 0 radical (unpaired) electrons. The minimum absolute atomic E-state index is 0.144. The summed E-state index contributed by atoms with van der Waals surface area (Å²) in [7, 11) is 0. The molecule has 1 aliphatic heterocycles. The molecule has 0 atom stereocenters. The van der Waals surface area contributed by atoms with Crippen LogP contribution in [0.25, 0.3) is 10.2 Å². The first kappa shape index (κ1) is 20.0. The van der Waals surface area contributed by atoms with Crippen LogP contribution in [-0.2, 0) is 0 Å². The van der Waals surface area contributed by atoms with E-state index in [9.17, 15) is 13.6 Å². The monoisotopic (exact) mass is 436 g/mol. The van der Waals surface area contributed by atoms with Crippen LogP contribution < -0.4 is 10.2 Å². The van der Waals surface area contributed by atoms with Crippen LogP contribution in [-0.4, -0.2) is 55.1 Å². The van der Waals surface area contributed by atoms with Gasteiger partial charge >= 0.3 is 0 Å². The Morgan fingerprint density at radius 3 is 2.72 bits per heavy atom. The fraction of sp³-hybridized carbons (Fsp3) is 0.300. The van der Waals surface area contributed by atoms with E-state index in [2.05, 4.69) is 20.1 Å². The number of fused-ring (bicyclic) bond motifs is 1. The van der Waals surface area contributed by atoms with Gasteiger partial charge in [0, 0.05) is 55.9 Å². The van der Waals surface area contributed by atoms with E-state index in [4.69, 9.17) is 11.6 Å². The smallest absolute Gasteiger partial charge is 0.251 e. The van der Waals surface area contributed by atoms with E-state index in [-0.39, 0.29) is 11.4 Å². The van der Waals surface area contributed by atoms with Gasteiger partial charge in [0.15, 0.2) is 10.9 Å². The van der Waals surface area contributed by atoms with Gasteiger partial charge in [-0.2, -0.15) is 0 Å². The zero-order chi connectivity index (χ0) is 20.4. The number of benzene rings is 2. The maximum absolute atomic E-state index is 13.9. The largest absolute Gasteiger partial charge is 0.351 e. The second-order valence-corrected chi connectivity index (χ2v) is 8.27. The second kappa shape index (κ2) is 8.61. The van der Waals surface area contributed by atoms with E-state index in [1.165, 1.54) is 17.4 Å². The van der Waals surface area contributed by atoms with Crippen LogP contribution in [0.15, 0.2) is 36.4 Å². The molecule has 1 aliphatic rings. The highest BCUT2D eigenvalue weighted by atomic mass is 35.5. The van der Waals surface area contributed by atoms with Crippen molar-refractivity contribution < 1.29 is 13.6 Å². The Labute approximate surface area is 175 Å². The molecule has 1 fully saturated rings. The maximum atomic E-state index is 13.9. The minimum atomic E-state index is -0.628. The van der Waals surface area contributed by atoms with Gasteiger partial charge in [0.05, 0.1) is 4.70 Å². The third kappa shape index (κ3) is 4.66. The van der Waals surface area contributed by atoms with Gasteiger partial charge in [-0.1, -0.05) is 29.0 Å². The standard InChI is InChI=1S/C20H19ClF2N4OS/c21-14-3-1-2-13(10-14)19(28)24-4-5-26-6-8-27(9-7-26)20-25-18-16(23)11-15(22)12-17(18)29-20/h1-3,10-12H,4-9H2,(H,24,28). The summed E-state index contributed by atoms with van der Waals surface area (Å²) in [5, 5.41) is 4.15. The molecule has 0 unspecified atom stereocenters. The summed E-state index contributed by atoms with van der Waals surface area (Å²) in [6, 6.07) is 9.03. The number of piperazine rings is 1. The summed E-state index contributed by atoms with van der Waals surface area (Å²) in [6.07, 6.45) is 0. The Morgan fingerprint density at radius 1 is 1.17 bits per heavy atom. The molecule has 2 heterocycles. The number of carbonyl (C=O) groups excluding carboxylic acids is 1. The maximum Gasteiger partial charge on any atom is 0.251 e. The van der Waals surface area contributed by atoms with Crippen LogP contribution in [0.2, 0.25) is 5.02 Å². The van der Waals surface area contributed by atoms with Crippen LogP contribution in [0.1, 0.15) is 10.4 Å². The van der Waals surface area contributed by atoms with Gasteiger partial charge in [0.2, 0.25) is 0 Å². The molecule has 0 aliphatic carbocycles. The van der Waals surface area contributed by atoms with Crippen molar-refractivity contribution in [2.45, 2.75) is 0 Å². The molecule has 0 spiro atoms. The van der Waals surface area contributed by atoms with E-state index in [1.54, 1.807) is 24.3 Å². The fourth-order valence-corrected chi connectivity index (χ4v) is 4.55. The summed E-state index contributed by atoms with van der Waals surface area (Å²) < 4.78 is 27.8. The molecule has 29 heavy (non-hydrogen) atoms. The lowest BCUT2D eigenvalue weighted by Crippen LogP contribution is -2.48. The number of nitrogens with one attached hydrogen (secondary N) is 1. The van der Waals surface area contributed by atoms with Gasteiger partial charge in [-0.15, -0.1) is 0 Å². The van der Waals surface area contributed by atoms with E-state index < -0.39 is 11.6 Å². The first-order chi connectivity index (χ1) is 14.0. The van der Waals surface area contributed by atoms with Crippen molar-refractivity contribution in [1.82, 2.24) is 15.2 Å². The van der Waals surface area contributed by atoms with Gasteiger partial charge < -0.3 is 10.2 Å². The Bertz CT molecular complexity index is 1040. The summed E-state index contributed by atoms with van der Waals surface area (Å²) in [6.45, 7) is 4.37. The molecule has 1 saturated heterocycles. The topological polar surface area (TPSA) is 48.5 Å². The van der Waals surface area contributed by atoms with Crippen molar-refractivity contribution in [2.24, 2.45) is 0 Å². The summed E-state index contributed by atoms with van der Waals surface area (Å²) in [4.78, 5) is 20.8. The highest BCUT2D eigenvalue weighted by Crippen LogP contribution is 2.31. The third-order valence-electron chi connectivity index (χ3n) is 4.85. The lowest BCUT2D eigenvalue weighted by molar-refractivity contribution is 0.0948. The van der Waals surface area contributed by atoms with Gasteiger partial charge in [-0.3, -0.25) is 9.69 Å². The predicted molar refractivity (Wildman–Crippen MR) is 112 cm³/mol.